The Morgan fingerprint density at radius 1 is 1.00 bits per heavy atom. The number of nitrogens with zero attached hydrogens (tertiary/aromatic N) is 3. The summed E-state index contributed by atoms with van der Waals surface area (Å²) in [4.78, 5) is 4.46. The van der Waals surface area contributed by atoms with Gasteiger partial charge in [0.2, 0.25) is 5.82 Å². The van der Waals surface area contributed by atoms with Gasteiger partial charge in [0.15, 0.2) is 0 Å². The number of nitrogens with one attached hydrogen (secondary N) is 1. The standard InChI is InChI=1S/C20H18N4O2/c1-3-25-16-10-8-14(9-11-16)17-12-18(23-22-17)20-21-19(24-26-20)15-6-4-13(2)5-7-15/h4-12H,3H2,1-2H3,(H,22,23). The minimum Gasteiger partial charge on any atom is -0.494 e. The third kappa shape index (κ3) is 3.21. The molecule has 2 aromatic carbocycles. The van der Waals surface area contributed by atoms with Gasteiger partial charge < -0.3 is 9.26 Å². The zero-order chi connectivity index (χ0) is 17.9. The van der Waals surface area contributed by atoms with Crippen LogP contribution in [-0.4, -0.2) is 26.9 Å². The Balaban J connectivity index is 1.57. The summed E-state index contributed by atoms with van der Waals surface area (Å²) in [6.07, 6.45) is 0. The second-order valence-corrected chi connectivity index (χ2v) is 5.91. The van der Waals surface area contributed by atoms with Crippen molar-refractivity contribution in [2.75, 3.05) is 6.61 Å². The molecule has 130 valence electrons. The molecule has 0 radical (unpaired) electrons. The van der Waals surface area contributed by atoms with Gasteiger partial charge in [-0.25, -0.2) is 0 Å². The number of aryl methyl sites for hydroxylation is 1. The summed E-state index contributed by atoms with van der Waals surface area (Å²) in [6.45, 7) is 4.65. The third-order valence-electron chi connectivity index (χ3n) is 4.01. The van der Waals surface area contributed by atoms with Crippen molar-refractivity contribution < 1.29 is 9.26 Å². The first kappa shape index (κ1) is 16.1. The number of aromatic nitrogens is 4. The number of hydrogen-bond acceptors (Lipinski definition) is 5. The number of hydrogen-bond donors (Lipinski definition) is 1. The fourth-order valence-corrected chi connectivity index (χ4v) is 2.62. The summed E-state index contributed by atoms with van der Waals surface area (Å²) in [6, 6.07) is 17.7. The molecule has 0 unspecified atom stereocenters. The summed E-state index contributed by atoms with van der Waals surface area (Å²) in [5.74, 6) is 1.80. The van der Waals surface area contributed by atoms with Gasteiger partial charge in [0.05, 0.1) is 12.3 Å². The van der Waals surface area contributed by atoms with Crippen LogP contribution in [0.15, 0.2) is 59.1 Å². The monoisotopic (exact) mass is 346 g/mol. The topological polar surface area (TPSA) is 76.8 Å². The predicted octanol–water partition coefficient (Wildman–Crippen LogP) is 4.50. The van der Waals surface area contributed by atoms with Crippen molar-refractivity contribution in [1.29, 1.82) is 0 Å². The zero-order valence-electron chi connectivity index (χ0n) is 14.6. The summed E-state index contributed by atoms with van der Waals surface area (Å²) >= 11 is 0. The highest BCUT2D eigenvalue weighted by Crippen LogP contribution is 2.26. The number of ether oxygens (including phenoxy) is 1. The lowest BCUT2D eigenvalue weighted by Gasteiger charge is -2.02. The van der Waals surface area contributed by atoms with Crippen LogP contribution in [-0.2, 0) is 0 Å². The van der Waals surface area contributed by atoms with Gasteiger partial charge in [-0.2, -0.15) is 10.1 Å². The van der Waals surface area contributed by atoms with E-state index < -0.39 is 0 Å². The lowest BCUT2D eigenvalue weighted by molar-refractivity contribution is 0.340. The minimum absolute atomic E-state index is 0.408. The maximum atomic E-state index is 5.46. The van der Waals surface area contributed by atoms with Crippen LogP contribution < -0.4 is 4.74 Å². The molecule has 0 aliphatic carbocycles. The average Bonchev–Trinajstić information content (AvgIpc) is 3.33. The van der Waals surface area contributed by atoms with E-state index in [4.69, 9.17) is 9.26 Å². The molecule has 1 N–H and O–H groups in total. The molecule has 6 nitrogen and oxygen atoms in total. The third-order valence-corrected chi connectivity index (χ3v) is 4.01. The molecule has 4 rings (SSSR count). The van der Waals surface area contributed by atoms with Gasteiger partial charge in [-0.1, -0.05) is 35.0 Å². The molecule has 2 heterocycles. The van der Waals surface area contributed by atoms with Crippen LogP contribution >= 0.6 is 0 Å². The molecule has 0 fully saturated rings. The van der Waals surface area contributed by atoms with Gasteiger partial charge in [0.25, 0.3) is 5.89 Å². The molecule has 0 amide bonds. The molecule has 26 heavy (non-hydrogen) atoms. The number of aromatic amines is 1. The predicted molar refractivity (Wildman–Crippen MR) is 98.7 cm³/mol. The van der Waals surface area contributed by atoms with E-state index in [1.807, 2.05) is 68.4 Å². The normalized spacial score (nSPS) is 10.8. The van der Waals surface area contributed by atoms with E-state index in [1.54, 1.807) is 0 Å². The molecule has 4 aromatic rings. The zero-order valence-corrected chi connectivity index (χ0v) is 14.6. The largest absolute Gasteiger partial charge is 0.494 e. The van der Waals surface area contributed by atoms with Crippen LogP contribution in [0.1, 0.15) is 12.5 Å². The van der Waals surface area contributed by atoms with Crippen molar-refractivity contribution in [3.63, 3.8) is 0 Å². The molecular formula is C20H18N4O2. The first-order valence-corrected chi connectivity index (χ1v) is 8.42. The molecular weight excluding hydrogens is 328 g/mol. The van der Waals surface area contributed by atoms with Gasteiger partial charge in [0.1, 0.15) is 11.4 Å². The lowest BCUT2D eigenvalue weighted by Crippen LogP contribution is -1.90. The maximum absolute atomic E-state index is 5.46. The Morgan fingerprint density at radius 2 is 1.73 bits per heavy atom. The van der Waals surface area contributed by atoms with E-state index in [-0.39, 0.29) is 0 Å². The molecule has 0 spiro atoms. The maximum Gasteiger partial charge on any atom is 0.276 e. The Labute approximate surface area is 150 Å². The van der Waals surface area contributed by atoms with Crippen molar-refractivity contribution in [1.82, 2.24) is 20.3 Å². The second-order valence-electron chi connectivity index (χ2n) is 5.91. The Kier molecular flexibility index (Phi) is 4.23. The molecule has 0 aliphatic heterocycles. The van der Waals surface area contributed by atoms with Crippen molar-refractivity contribution in [3.05, 3.63) is 60.2 Å². The van der Waals surface area contributed by atoms with E-state index in [2.05, 4.69) is 20.3 Å². The number of H-pyrrole nitrogens is 1. The van der Waals surface area contributed by atoms with Crippen LogP contribution in [0.25, 0.3) is 34.2 Å². The van der Waals surface area contributed by atoms with Crippen molar-refractivity contribution in [2.24, 2.45) is 0 Å². The van der Waals surface area contributed by atoms with Gasteiger partial charge in [0, 0.05) is 11.1 Å². The highest BCUT2D eigenvalue weighted by molar-refractivity contribution is 5.66. The fraction of sp³-hybridized carbons (Fsp3) is 0.150. The summed E-state index contributed by atoms with van der Waals surface area (Å²) in [5.41, 5.74) is 4.56. The first-order valence-electron chi connectivity index (χ1n) is 8.42. The van der Waals surface area contributed by atoms with Crippen LogP contribution in [0.2, 0.25) is 0 Å². The van der Waals surface area contributed by atoms with Gasteiger partial charge in [-0.15, -0.1) is 0 Å². The first-order chi connectivity index (χ1) is 12.7. The van der Waals surface area contributed by atoms with E-state index in [0.717, 1.165) is 22.6 Å². The Hall–Kier alpha value is -3.41. The molecule has 0 bridgehead atoms. The minimum atomic E-state index is 0.408. The highest BCUT2D eigenvalue weighted by Gasteiger charge is 2.14. The van der Waals surface area contributed by atoms with Crippen molar-refractivity contribution in [2.45, 2.75) is 13.8 Å². The van der Waals surface area contributed by atoms with E-state index in [1.165, 1.54) is 5.56 Å². The van der Waals surface area contributed by atoms with Gasteiger partial charge >= 0.3 is 0 Å². The molecule has 0 saturated carbocycles. The molecule has 6 heteroatoms. The molecule has 2 aromatic heterocycles. The summed E-state index contributed by atoms with van der Waals surface area (Å²) in [5, 5.41) is 11.4. The summed E-state index contributed by atoms with van der Waals surface area (Å²) in [7, 11) is 0. The smallest absolute Gasteiger partial charge is 0.276 e. The lowest BCUT2D eigenvalue weighted by atomic mass is 10.1. The van der Waals surface area contributed by atoms with E-state index >= 15 is 0 Å². The molecule has 0 saturated heterocycles. The summed E-state index contributed by atoms with van der Waals surface area (Å²) < 4.78 is 10.8. The Bertz CT molecular complexity index is 1000. The van der Waals surface area contributed by atoms with Crippen LogP contribution in [0, 0.1) is 6.92 Å². The fourth-order valence-electron chi connectivity index (χ4n) is 2.62. The van der Waals surface area contributed by atoms with Crippen LogP contribution in [0.4, 0.5) is 0 Å². The average molecular weight is 346 g/mol. The van der Waals surface area contributed by atoms with Crippen LogP contribution in [0.3, 0.4) is 0 Å². The Morgan fingerprint density at radius 3 is 2.46 bits per heavy atom. The SMILES string of the molecule is CCOc1ccc(-c2cc(-c3nc(-c4ccc(C)cc4)no3)[nH]n2)cc1. The number of benzene rings is 2. The molecule has 0 aliphatic rings. The molecule has 0 atom stereocenters. The number of rotatable bonds is 5. The van der Waals surface area contributed by atoms with Gasteiger partial charge in [-0.05, 0) is 44.2 Å². The van der Waals surface area contributed by atoms with Crippen LogP contribution in [0.5, 0.6) is 5.75 Å². The van der Waals surface area contributed by atoms with Gasteiger partial charge in [-0.3, -0.25) is 5.10 Å². The quantitative estimate of drug-likeness (QED) is 0.576. The van der Waals surface area contributed by atoms with E-state index in [9.17, 15) is 0 Å². The van der Waals surface area contributed by atoms with Crippen molar-refractivity contribution in [3.8, 4) is 40.0 Å². The van der Waals surface area contributed by atoms with Crippen molar-refractivity contribution >= 4 is 0 Å². The highest BCUT2D eigenvalue weighted by atomic mass is 16.5. The van der Waals surface area contributed by atoms with E-state index in [0.29, 0.717) is 24.0 Å². The second kappa shape index (κ2) is 6.84.